The number of carbonyl (C=O) groups excluding carboxylic acids is 1. The van der Waals surface area contributed by atoms with Gasteiger partial charge in [0.05, 0.1) is 23.2 Å². The normalized spacial score (nSPS) is 21.2. The number of hydrogen-bond donors (Lipinski definition) is 3. The van der Waals surface area contributed by atoms with E-state index in [9.17, 15) is 23.1 Å². The Morgan fingerprint density at radius 2 is 1.82 bits per heavy atom. The SMILES string of the molecule is Cn1cnc(-c2ccc(C3=CCN(C(=O)CN4CC[C@]5(CCN(c6ccc(N)c(C(=[NH2+])c7cnccc7C(F)(F)F)c6)C5O)C4)CC3)cc2)n1. The number of benzene rings is 2. The number of halogens is 3. The number of nitrogens with two attached hydrogens (primary N) is 2. The highest BCUT2D eigenvalue weighted by atomic mass is 19.4. The predicted molar refractivity (Wildman–Crippen MR) is 182 cm³/mol. The number of aliphatic hydroxyl groups excluding tert-OH is 1. The summed E-state index contributed by atoms with van der Waals surface area (Å²) in [5.74, 6) is 0.738. The van der Waals surface area contributed by atoms with Crippen LogP contribution in [0.2, 0.25) is 0 Å². The van der Waals surface area contributed by atoms with Crippen molar-refractivity contribution in [2.24, 2.45) is 12.5 Å². The van der Waals surface area contributed by atoms with E-state index in [2.05, 4.69) is 38.2 Å². The molecule has 1 unspecified atom stereocenters. The number of amides is 1. The van der Waals surface area contributed by atoms with Crippen LogP contribution in [0.4, 0.5) is 24.5 Å². The molecule has 7 rings (SSSR count). The van der Waals surface area contributed by atoms with Gasteiger partial charge in [0.25, 0.3) is 0 Å². The first-order chi connectivity index (χ1) is 23.9. The first-order valence-corrected chi connectivity index (χ1v) is 16.6. The molecule has 0 radical (unpaired) electrons. The van der Waals surface area contributed by atoms with Gasteiger partial charge in [-0.3, -0.25) is 24.8 Å². The Morgan fingerprint density at radius 1 is 1.06 bits per heavy atom. The average Bonchev–Trinajstić information content (AvgIpc) is 3.83. The molecule has 11 nitrogen and oxygen atoms in total. The number of carbonyl (C=O) groups is 1. The van der Waals surface area contributed by atoms with Gasteiger partial charge in [-0.15, -0.1) is 0 Å². The molecule has 2 aromatic carbocycles. The second-order valence-corrected chi connectivity index (χ2v) is 13.4. The zero-order valence-electron chi connectivity index (χ0n) is 27.6. The maximum Gasteiger partial charge on any atom is 0.417 e. The molecular weight excluding hydrogens is 647 g/mol. The smallest absolute Gasteiger partial charge is 0.398 e. The minimum atomic E-state index is -4.62. The van der Waals surface area contributed by atoms with Crippen molar-refractivity contribution in [1.29, 1.82) is 0 Å². The van der Waals surface area contributed by atoms with Crippen molar-refractivity contribution in [2.45, 2.75) is 31.7 Å². The summed E-state index contributed by atoms with van der Waals surface area (Å²) >= 11 is 0. The Labute approximate surface area is 287 Å². The van der Waals surface area contributed by atoms with E-state index in [1.165, 1.54) is 5.57 Å². The number of likely N-dealkylation sites (tertiary alicyclic amines) is 1. The largest absolute Gasteiger partial charge is 0.417 e. The zero-order chi connectivity index (χ0) is 35.2. The lowest BCUT2D eigenvalue weighted by molar-refractivity contribution is -0.139. The van der Waals surface area contributed by atoms with Crippen molar-refractivity contribution >= 4 is 28.6 Å². The second kappa shape index (κ2) is 13.0. The molecule has 1 spiro atoms. The first-order valence-electron chi connectivity index (χ1n) is 16.6. The summed E-state index contributed by atoms with van der Waals surface area (Å²) in [6.07, 6.45) is 2.63. The van der Waals surface area contributed by atoms with Gasteiger partial charge in [-0.1, -0.05) is 30.3 Å². The van der Waals surface area contributed by atoms with Crippen LogP contribution >= 0.6 is 0 Å². The van der Waals surface area contributed by atoms with E-state index in [1.807, 2.05) is 29.0 Å². The molecule has 2 fully saturated rings. The van der Waals surface area contributed by atoms with Gasteiger partial charge < -0.3 is 20.6 Å². The van der Waals surface area contributed by atoms with Crippen molar-refractivity contribution in [3.8, 4) is 11.4 Å². The van der Waals surface area contributed by atoms with Crippen molar-refractivity contribution in [1.82, 2.24) is 29.5 Å². The highest BCUT2D eigenvalue weighted by Crippen LogP contribution is 2.45. The molecule has 2 atom stereocenters. The molecule has 2 saturated heterocycles. The fourth-order valence-electron chi connectivity index (χ4n) is 7.44. The zero-order valence-corrected chi connectivity index (χ0v) is 27.6. The molecule has 4 aromatic rings. The summed E-state index contributed by atoms with van der Waals surface area (Å²) in [4.78, 5) is 27.4. The average molecular weight is 687 g/mol. The van der Waals surface area contributed by atoms with Gasteiger partial charge in [0.15, 0.2) is 5.82 Å². The molecule has 3 aliphatic rings. The number of aromatic nitrogens is 4. The van der Waals surface area contributed by atoms with Crippen molar-refractivity contribution < 1.29 is 28.5 Å². The maximum absolute atomic E-state index is 13.7. The van der Waals surface area contributed by atoms with Gasteiger partial charge in [-0.25, -0.2) is 4.98 Å². The number of hydrogen-bond acceptors (Lipinski definition) is 8. The summed E-state index contributed by atoms with van der Waals surface area (Å²) in [5.41, 5.74) is 8.77. The number of alkyl halides is 3. The fraction of sp³-hybridized carbons (Fsp3) is 0.361. The van der Waals surface area contributed by atoms with Gasteiger partial charge >= 0.3 is 6.18 Å². The predicted octanol–water partition coefficient (Wildman–Crippen LogP) is 2.61. The Balaban J connectivity index is 0.973. The molecule has 50 heavy (non-hydrogen) atoms. The van der Waals surface area contributed by atoms with Crippen LogP contribution in [0.3, 0.4) is 0 Å². The monoisotopic (exact) mass is 686 g/mol. The lowest BCUT2D eigenvalue weighted by atomic mass is 9.84. The minimum absolute atomic E-state index is 0.0566. The van der Waals surface area contributed by atoms with E-state index < -0.39 is 23.4 Å². The molecule has 2 aromatic heterocycles. The Bertz CT molecular complexity index is 1960. The third-order valence-corrected chi connectivity index (χ3v) is 10.3. The molecule has 14 heteroatoms. The van der Waals surface area contributed by atoms with Crippen LogP contribution in [0.25, 0.3) is 17.0 Å². The van der Waals surface area contributed by atoms with Gasteiger partial charge in [0.2, 0.25) is 11.6 Å². The number of rotatable bonds is 7. The number of anilines is 2. The second-order valence-electron chi connectivity index (χ2n) is 13.4. The van der Waals surface area contributed by atoms with E-state index >= 15 is 0 Å². The Morgan fingerprint density at radius 3 is 2.52 bits per heavy atom. The summed E-state index contributed by atoms with van der Waals surface area (Å²) in [5, 5.41) is 22.3. The van der Waals surface area contributed by atoms with Gasteiger partial charge in [-0.05, 0) is 61.2 Å². The molecule has 260 valence electrons. The highest BCUT2D eigenvalue weighted by molar-refractivity contribution is 6.13. The topological polar surface area (TPSA) is 142 Å². The molecule has 0 aliphatic carbocycles. The summed E-state index contributed by atoms with van der Waals surface area (Å²) in [6.45, 7) is 3.21. The van der Waals surface area contributed by atoms with Crippen LogP contribution in [-0.2, 0) is 18.0 Å². The van der Waals surface area contributed by atoms with Crippen LogP contribution in [0.15, 0.2) is 73.3 Å². The quantitative estimate of drug-likeness (QED) is 0.199. The van der Waals surface area contributed by atoms with Crippen LogP contribution in [0.1, 0.15) is 41.5 Å². The van der Waals surface area contributed by atoms with Gasteiger partial charge in [0, 0.05) is 68.0 Å². The number of aliphatic hydroxyl groups is 1. The lowest BCUT2D eigenvalue weighted by Crippen LogP contribution is -2.44. The Hall–Kier alpha value is -5.08. The number of nitrogens with zero attached hydrogens (tertiary/aromatic N) is 7. The maximum atomic E-state index is 13.7. The fourth-order valence-corrected chi connectivity index (χ4v) is 7.44. The first kappa shape index (κ1) is 33.4. The van der Waals surface area contributed by atoms with Crippen molar-refractivity contribution in [3.05, 3.63) is 95.6 Å². The molecule has 0 saturated carbocycles. The van der Waals surface area contributed by atoms with Crippen LogP contribution in [0.5, 0.6) is 0 Å². The van der Waals surface area contributed by atoms with Crippen molar-refractivity contribution in [3.63, 3.8) is 0 Å². The van der Waals surface area contributed by atoms with Gasteiger partial charge in [-0.2, -0.15) is 18.3 Å². The van der Waals surface area contributed by atoms with E-state index in [4.69, 9.17) is 11.1 Å². The van der Waals surface area contributed by atoms with E-state index in [1.54, 1.807) is 29.2 Å². The minimum Gasteiger partial charge on any atom is -0.398 e. The third-order valence-electron chi connectivity index (χ3n) is 10.3. The molecular formula is C36H39F3N9O2+. The molecule has 1 amide bonds. The summed E-state index contributed by atoms with van der Waals surface area (Å²) in [6, 6.07) is 14.0. The summed E-state index contributed by atoms with van der Waals surface area (Å²) in [7, 11) is 1.84. The number of nitrogen functional groups attached to an aromatic ring is 1. The standard InChI is InChI=1S/C36H38F3N9O2/c1-45-22-43-33(44-45)25-4-2-23(3-5-25)24-9-14-47(15-10-24)31(49)20-46-16-11-35(21-46)12-17-48(34(35)50)26-6-7-30(40)27(18-26)32(41)28-19-42-13-8-29(28)36(37,38)39/h2-9,13,18-19,22,34,41,50H,10-12,14-17,20-21,40H2,1H3/p+1/t34?,35-/m0/s1. The van der Waals surface area contributed by atoms with E-state index in [0.29, 0.717) is 57.1 Å². The van der Waals surface area contributed by atoms with Crippen LogP contribution < -0.4 is 16.0 Å². The highest BCUT2D eigenvalue weighted by Gasteiger charge is 2.51. The Kier molecular flexibility index (Phi) is 8.68. The molecule has 5 N–H and O–H groups in total. The number of pyridine rings is 1. The van der Waals surface area contributed by atoms with Gasteiger partial charge in [0.1, 0.15) is 12.6 Å². The van der Waals surface area contributed by atoms with E-state index in [0.717, 1.165) is 36.0 Å². The lowest BCUT2D eigenvalue weighted by Gasteiger charge is -2.33. The van der Waals surface area contributed by atoms with Crippen LogP contribution in [0, 0.1) is 5.41 Å². The third kappa shape index (κ3) is 6.36. The molecule has 5 heterocycles. The summed E-state index contributed by atoms with van der Waals surface area (Å²) < 4.78 is 42.8. The molecule has 0 bridgehead atoms. The van der Waals surface area contributed by atoms with Crippen LogP contribution in [-0.4, -0.2) is 91.8 Å². The van der Waals surface area contributed by atoms with E-state index in [-0.39, 0.29) is 35.0 Å². The van der Waals surface area contributed by atoms with Crippen molar-refractivity contribution in [2.75, 3.05) is 49.9 Å². The number of aryl methyl sites for hydroxylation is 1. The molecule has 3 aliphatic heterocycles.